The number of carbonyl (C=O) groups is 2. The number of rotatable bonds is 4. The van der Waals surface area contributed by atoms with E-state index in [9.17, 15) is 18.0 Å². The molecule has 0 unspecified atom stereocenters. The van der Waals surface area contributed by atoms with Crippen molar-refractivity contribution >= 4 is 27.5 Å². The highest BCUT2D eigenvalue weighted by molar-refractivity contribution is 7.89. The van der Waals surface area contributed by atoms with Gasteiger partial charge in [0.05, 0.1) is 24.2 Å². The average Bonchev–Trinajstić information content (AvgIpc) is 2.77. The number of hydrogen-bond donors (Lipinski definition) is 1. The van der Waals surface area contributed by atoms with E-state index in [2.05, 4.69) is 5.32 Å². The zero-order valence-electron chi connectivity index (χ0n) is 16.6. The number of para-hydroxylation sites is 1. The summed E-state index contributed by atoms with van der Waals surface area (Å²) in [4.78, 5) is 26.6. The second-order valence-corrected chi connectivity index (χ2v) is 9.18. The van der Waals surface area contributed by atoms with Crippen LogP contribution in [0, 0.1) is 0 Å². The van der Waals surface area contributed by atoms with E-state index in [0.717, 1.165) is 28.4 Å². The minimum atomic E-state index is -3.88. The smallest absolute Gasteiger partial charge is 0.258 e. The molecule has 0 atom stereocenters. The number of amides is 2. The van der Waals surface area contributed by atoms with E-state index in [-0.39, 0.29) is 41.9 Å². The third-order valence-corrected chi connectivity index (χ3v) is 7.21. The van der Waals surface area contributed by atoms with Crippen LogP contribution in [0.2, 0.25) is 0 Å². The maximum atomic E-state index is 13.3. The lowest BCUT2D eigenvalue weighted by Crippen LogP contribution is -2.49. The van der Waals surface area contributed by atoms with Crippen LogP contribution >= 0.6 is 0 Å². The molecule has 158 valence electrons. The Morgan fingerprint density at radius 3 is 2.70 bits per heavy atom. The molecule has 2 aromatic carbocycles. The first kappa shape index (κ1) is 20.4. The fourth-order valence-corrected chi connectivity index (χ4v) is 5.34. The summed E-state index contributed by atoms with van der Waals surface area (Å²) in [6.45, 7) is 0.761. The van der Waals surface area contributed by atoms with E-state index < -0.39 is 10.0 Å². The first-order chi connectivity index (χ1) is 14.4. The van der Waals surface area contributed by atoms with Gasteiger partial charge in [-0.1, -0.05) is 18.2 Å². The van der Waals surface area contributed by atoms with Crippen molar-refractivity contribution < 1.29 is 22.7 Å². The van der Waals surface area contributed by atoms with Crippen LogP contribution in [0.25, 0.3) is 0 Å². The molecular formula is C21H23N3O5S. The van der Waals surface area contributed by atoms with Crippen molar-refractivity contribution in [2.75, 3.05) is 38.2 Å². The van der Waals surface area contributed by atoms with Crippen LogP contribution in [0.3, 0.4) is 0 Å². The first-order valence-corrected chi connectivity index (χ1v) is 11.2. The van der Waals surface area contributed by atoms with Gasteiger partial charge in [0.1, 0.15) is 5.75 Å². The molecule has 0 aliphatic carbocycles. The Bertz CT molecular complexity index is 1090. The third kappa shape index (κ3) is 3.66. The van der Waals surface area contributed by atoms with Crippen LogP contribution in [0.4, 0.5) is 5.69 Å². The molecule has 8 nitrogen and oxygen atoms in total. The molecule has 2 heterocycles. The standard InChI is InChI=1S/C21H23N3O5S/c1-29-18-9-3-5-15-7-4-11-24(20(15)18)21(26)16-6-2-8-17(13-16)30(27,28)23-12-10-22-19(25)14-23/h2-3,5-6,8-9,13H,4,7,10-12,14H2,1H3,(H,22,25). The second-order valence-electron chi connectivity index (χ2n) is 7.24. The number of aryl methyl sites for hydroxylation is 1. The van der Waals surface area contributed by atoms with Crippen molar-refractivity contribution in [2.45, 2.75) is 17.7 Å². The molecule has 1 saturated heterocycles. The lowest BCUT2D eigenvalue weighted by molar-refractivity contribution is -0.122. The molecule has 2 aromatic rings. The number of benzene rings is 2. The van der Waals surface area contributed by atoms with Crippen LogP contribution in [-0.4, -0.2) is 57.8 Å². The number of ether oxygens (including phenoxy) is 1. The fourth-order valence-electron chi connectivity index (χ4n) is 3.90. The molecule has 1 N–H and O–H groups in total. The van der Waals surface area contributed by atoms with Crippen molar-refractivity contribution in [3.05, 3.63) is 53.6 Å². The number of methoxy groups -OCH3 is 1. The molecule has 2 amide bonds. The molecule has 0 bridgehead atoms. The van der Waals surface area contributed by atoms with Crippen molar-refractivity contribution in [3.63, 3.8) is 0 Å². The Morgan fingerprint density at radius 1 is 1.13 bits per heavy atom. The zero-order chi connectivity index (χ0) is 21.3. The fraction of sp³-hybridized carbons (Fsp3) is 0.333. The number of nitrogens with zero attached hydrogens (tertiary/aromatic N) is 2. The average molecular weight is 429 g/mol. The van der Waals surface area contributed by atoms with Gasteiger partial charge in [0, 0.05) is 25.2 Å². The predicted octanol–water partition coefficient (Wildman–Crippen LogP) is 1.41. The Balaban J connectivity index is 1.67. The summed E-state index contributed by atoms with van der Waals surface area (Å²) in [5.41, 5.74) is 2.03. The Morgan fingerprint density at radius 2 is 1.93 bits per heavy atom. The molecular weight excluding hydrogens is 406 g/mol. The monoisotopic (exact) mass is 429 g/mol. The maximum Gasteiger partial charge on any atom is 0.258 e. The van der Waals surface area contributed by atoms with Gasteiger partial charge in [-0.25, -0.2) is 8.42 Å². The van der Waals surface area contributed by atoms with Gasteiger partial charge in [-0.15, -0.1) is 0 Å². The predicted molar refractivity (Wildman–Crippen MR) is 111 cm³/mol. The molecule has 2 aliphatic rings. The number of sulfonamides is 1. The van der Waals surface area contributed by atoms with Crippen LogP contribution in [0.1, 0.15) is 22.3 Å². The van der Waals surface area contributed by atoms with E-state index in [1.54, 1.807) is 24.1 Å². The van der Waals surface area contributed by atoms with Gasteiger partial charge in [0.25, 0.3) is 5.91 Å². The number of hydrogen-bond acceptors (Lipinski definition) is 5. The number of carbonyl (C=O) groups excluding carboxylic acids is 2. The van der Waals surface area contributed by atoms with Gasteiger partial charge in [0.2, 0.25) is 15.9 Å². The molecule has 0 aromatic heterocycles. The Kier molecular flexibility index (Phi) is 5.48. The molecule has 1 fully saturated rings. The van der Waals surface area contributed by atoms with Gasteiger partial charge < -0.3 is 15.0 Å². The third-order valence-electron chi connectivity index (χ3n) is 5.37. The Hall–Kier alpha value is -2.91. The summed E-state index contributed by atoms with van der Waals surface area (Å²) in [6.07, 6.45) is 1.66. The largest absolute Gasteiger partial charge is 0.495 e. The van der Waals surface area contributed by atoms with Crippen LogP contribution in [0.5, 0.6) is 5.75 Å². The van der Waals surface area contributed by atoms with Crippen LogP contribution in [0.15, 0.2) is 47.4 Å². The molecule has 0 saturated carbocycles. The van der Waals surface area contributed by atoms with Crippen molar-refractivity contribution in [3.8, 4) is 5.75 Å². The minimum absolute atomic E-state index is 0.000287. The lowest BCUT2D eigenvalue weighted by atomic mass is 10.00. The number of fused-ring (bicyclic) bond motifs is 1. The van der Waals surface area contributed by atoms with Crippen molar-refractivity contribution in [2.24, 2.45) is 0 Å². The SMILES string of the molecule is COc1cccc2c1N(C(=O)c1cccc(S(=O)(=O)N3CCNC(=O)C3)c1)CCC2. The number of nitrogens with one attached hydrogen (secondary N) is 1. The quantitative estimate of drug-likeness (QED) is 0.793. The number of piperazine rings is 1. The van der Waals surface area contributed by atoms with Crippen LogP contribution in [-0.2, 0) is 21.2 Å². The zero-order valence-corrected chi connectivity index (χ0v) is 17.4. The van der Waals surface area contributed by atoms with Crippen molar-refractivity contribution in [1.82, 2.24) is 9.62 Å². The maximum absolute atomic E-state index is 13.3. The molecule has 9 heteroatoms. The molecule has 2 aliphatic heterocycles. The molecule has 0 radical (unpaired) electrons. The van der Waals surface area contributed by atoms with Gasteiger partial charge in [-0.2, -0.15) is 4.31 Å². The highest BCUT2D eigenvalue weighted by Crippen LogP contribution is 2.37. The summed E-state index contributed by atoms with van der Waals surface area (Å²) in [5, 5.41) is 2.61. The number of anilines is 1. The summed E-state index contributed by atoms with van der Waals surface area (Å²) < 4.78 is 32.6. The van der Waals surface area contributed by atoms with Gasteiger partial charge in [0.15, 0.2) is 0 Å². The summed E-state index contributed by atoms with van der Waals surface area (Å²) in [6, 6.07) is 11.7. The second kappa shape index (κ2) is 8.08. The Labute approximate surface area is 175 Å². The summed E-state index contributed by atoms with van der Waals surface area (Å²) >= 11 is 0. The van der Waals surface area contributed by atoms with Gasteiger partial charge in [-0.3, -0.25) is 9.59 Å². The van der Waals surface area contributed by atoms with Gasteiger partial charge >= 0.3 is 0 Å². The molecule has 0 spiro atoms. The van der Waals surface area contributed by atoms with Crippen molar-refractivity contribution in [1.29, 1.82) is 0 Å². The lowest BCUT2D eigenvalue weighted by Gasteiger charge is -2.31. The van der Waals surface area contributed by atoms with E-state index in [1.807, 2.05) is 18.2 Å². The molecule has 4 rings (SSSR count). The molecule has 30 heavy (non-hydrogen) atoms. The highest BCUT2D eigenvalue weighted by Gasteiger charge is 2.31. The first-order valence-electron chi connectivity index (χ1n) is 9.76. The van der Waals surface area contributed by atoms with E-state index >= 15 is 0 Å². The summed E-state index contributed by atoms with van der Waals surface area (Å²) in [5.74, 6) is -0.00776. The minimum Gasteiger partial charge on any atom is -0.495 e. The summed E-state index contributed by atoms with van der Waals surface area (Å²) in [7, 11) is -2.31. The topological polar surface area (TPSA) is 96.0 Å². The van der Waals surface area contributed by atoms with E-state index in [4.69, 9.17) is 4.74 Å². The van der Waals surface area contributed by atoms with Gasteiger partial charge in [-0.05, 0) is 42.7 Å². The van der Waals surface area contributed by atoms with Crippen LogP contribution < -0.4 is 15.0 Å². The van der Waals surface area contributed by atoms with E-state index in [1.165, 1.54) is 12.1 Å². The normalized spacial score (nSPS) is 17.2. The van der Waals surface area contributed by atoms with E-state index in [0.29, 0.717) is 12.3 Å². The highest BCUT2D eigenvalue weighted by atomic mass is 32.2.